The number of nitrogen functional groups attached to an aromatic ring is 1. The summed E-state index contributed by atoms with van der Waals surface area (Å²) in [5.41, 5.74) is 4.94. The van der Waals surface area contributed by atoms with Crippen molar-refractivity contribution in [3.63, 3.8) is 0 Å². The highest BCUT2D eigenvalue weighted by Gasteiger charge is 2.16. The number of H-pyrrole nitrogens is 1. The second-order valence-corrected chi connectivity index (χ2v) is 3.50. The van der Waals surface area contributed by atoms with Gasteiger partial charge in [-0.1, -0.05) is 0 Å². The van der Waals surface area contributed by atoms with E-state index in [-0.39, 0.29) is 11.4 Å². The van der Waals surface area contributed by atoms with Crippen molar-refractivity contribution in [3.8, 4) is 0 Å². The molecule has 0 radical (unpaired) electrons. The first-order valence-electron chi connectivity index (χ1n) is 4.82. The van der Waals surface area contributed by atoms with Crippen molar-refractivity contribution < 1.29 is 4.79 Å². The summed E-state index contributed by atoms with van der Waals surface area (Å²) in [6, 6.07) is 0. The maximum absolute atomic E-state index is 11.4. The van der Waals surface area contributed by atoms with Crippen LogP contribution in [-0.2, 0) is 0 Å². The summed E-state index contributed by atoms with van der Waals surface area (Å²) in [6.07, 6.45) is 2.59. The fourth-order valence-corrected chi connectivity index (χ4v) is 1.68. The van der Waals surface area contributed by atoms with E-state index in [0.717, 1.165) is 25.9 Å². The Morgan fingerprint density at radius 2 is 2.07 bits per heavy atom. The average molecular weight is 208 g/mol. The van der Waals surface area contributed by atoms with Gasteiger partial charge in [0, 0.05) is 13.1 Å². The minimum absolute atomic E-state index is 0.00403. The van der Waals surface area contributed by atoms with Crippen LogP contribution in [-0.4, -0.2) is 29.3 Å². The number of aldehydes is 1. The predicted molar refractivity (Wildman–Crippen MR) is 56.1 cm³/mol. The molecule has 0 unspecified atom stereocenters. The monoisotopic (exact) mass is 208 g/mol. The second-order valence-electron chi connectivity index (χ2n) is 3.50. The number of aromatic nitrogens is 2. The standard InChI is InChI=1S/C9H12N4O2/c10-7-6(5-14)8(15)12-9(11-7)13-3-1-2-4-13/h5H,1-4H2,(H3,10,11,12,15). The first-order valence-corrected chi connectivity index (χ1v) is 4.82. The summed E-state index contributed by atoms with van der Waals surface area (Å²) in [6.45, 7) is 1.73. The van der Waals surface area contributed by atoms with E-state index in [4.69, 9.17) is 5.73 Å². The minimum atomic E-state index is -0.473. The Hall–Kier alpha value is -1.85. The molecule has 1 saturated heterocycles. The summed E-state index contributed by atoms with van der Waals surface area (Å²) in [4.78, 5) is 30.5. The number of nitrogens with two attached hydrogens (primary N) is 1. The summed E-state index contributed by atoms with van der Waals surface area (Å²) in [5.74, 6) is 0.455. The maximum atomic E-state index is 11.4. The summed E-state index contributed by atoms with van der Waals surface area (Å²) >= 11 is 0. The van der Waals surface area contributed by atoms with E-state index in [9.17, 15) is 9.59 Å². The number of rotatable bonds is 2. The van der Waals surface area contributed by atoms with Crippen molar-refractivity contribution in [3.05, 3.63) is 15.9 Å². The summed E-state index contributed by atoms with van der Waals surface area (Å²) in [7, 11) is 0. The first kappa shape index (κ1) is 9.70. The number of hydrogen-bond donors (Lipinski definition) is 2. The third-order valence-electron chi connectivity index (χ3n) is 2.50. The van der Waals surface area contributed by atoms with Gasteiger partial charge in [0.25, 0.3) is 5.56 Å². The van der Waals surface area contributed by atoms with E-state index < -0.39 is 5.56 Å². The Balaban J connectivity index is 2.42. The molecule has 0 amide bonds. The van der Waals surface area contributed by atoms with Crippen LogP contribution in [0.4, 0.5) is 11.8 Å². The number of carbonyl (C=O) groups is 1. The zero-order chi connectivity index (χ0) is 10.8. The van der Waals surface area contributed by atoms with E-state index in [1.54, 1.807) is 0 Å². The number of nitrogens with zero attached hydrogens (tertiary/aromatic N) is 2. The van der Waals surface area contributed by atoms with Gasteiger partial charge >= 0.3 is 0 Å². The highest BCUT2D eigenvalue weighted by atomic mass is 16.1. The second kappa shape index (κ2) is 3.72. The molecule has 0 aliphatic carbocycles. The minimum Gasteiger partial charge on any atom is -0.383 e. The van der Waals surface area contributed by atoms with E-state index in [1.165, 1.54) is 0 Å². The molecule has 0 spiro atoms. The van der Waals surface area contributed by atoms with Crippen LogP contribution in [0.15, 0.2) is 4.79 Å². The highest BCUT2D eigenvalue weighted by molar-refractivity contribution is 5.81. The molecular weight excluding hydrogens is 196 g/mol. The molecule has 2 heterocycles. The lowest BCUT2D eigenvalue weighted by Crippen LogP contribution is -2.26. The third-order valence-corrected chi connectivity index (χ3v) is 2.50. The van der Waals surface area contributed by atoms with Gasteiger partial charge in [0.05, 0.1) is 0 Å². The summed E-state index contributed by atoms with van der Waals surface area (Å²) < 4.78 is 0. The number of carbonyl (C=O) groups excluding carboxylic acids is 1. The van der Waals surface area contributed by atoms with Crippen LogP contribution in [0.25, 0.3) is 0 Å². The maximum Gasteiger partial charge on any atom is 0.265 e. The number of nitrogens with one attached hydrogen (secondary N) is 1. The normalized spacial score (nSPS) is 15.6. The molecule has 6 heteroatoms. The van der Waals surface area contributed by atoms with Crippen molar-refractivity contribution in [2.24, 2.45) is 0 Å². The predicted octanol–water partition coefficient (Wildman–Crippen LogP) is -0.235. The van der Waals surface area contributed by atoms with Crippen LogP contribution in [0, 0.1) is 0 Å². The van der Waals surface area contributed by atoms with Crippen molar-refractivity contribution in [2.75, 3.05) is 23.7 Å². The molecule has 0 aromatic carbocycles. The van der Waals surface area contributed by atoms with Gasteiger partial charge in [-0.05, 0) is 12.8 Å². The fourth-order valence-electron chi connectivity index (χ4n) is 1.68. The SMILES string of the molecule is Nc1nc(N2CCCC2)[nH]c(=O)c1C=O. The molecule has 80 valence electrons. The van der Waals surface area contributed by atoms with Crippen LogP contribution >= 0.6 is 0 Å². The van der Waals surface area contributed by atoms with Crippen molar-refractivity contribution >= 4 is 18.1 Å². The van der Waals surface area contributed by atoms with Gasteiger partial charge in [0.2, 0.25) is 5.95 Å². The largest absolute Gasteiger partial charge is 0.383 e. The lowest BCUT2D eigenvalue weighted by molar-refractivity contribution is 0.112. The molecule has 1 aromatic rings. The molecular formula is C9H12N4O2. The molecule has 0 bridgehead atoms. The van der Waals surface area contributed by atoms with E-state index in [2.05, 4.69) is 9.97 Å². The lowest BCUT2D eigenvalue weighted by Gasteiger charge is -2.15. The Labute approximate surface area is 86.1 Å². The van der Waals surface area contributed by atoms with Gasteiger partial charge in [-0.15, -0.1) is 0 Å². The zero-order valence-electron chi connectivity index (χ0n) is 8.19. The number of anilines is 2. The molecule has 0 atom stereocenters. The summed E-state index contributed by atoms with van der Waals surface area (Å²) in [5, 5.41) is 0. The Morgan fingerprint density at radius 3 is 2.60 bits per heavy atom. The van der Waals surface area contributed by atoms with Crippen LogP contribution < -0.4 is 16.2 Å². The van der Waals surface area contributed by atoms with E-state index in [0.29, 0.717) is 12.2 Å². The van der Waals surface area contributed by atoms with Gasteiger partial charge < -0.3 is 10.6 Å². The quantitative estimate of drug-likeness (QED) is 0.655. The molecule has 1 aliphatic heterocycles. The molecule has 1 fully saturated rings. The molecule has 2 rings (SSSR count). The molecule has 6 nitrogen and oxygen atoms in total. The number of hydrogen-bond acceptors (Lipinski definition) is 5. The fraction of sp³-hybridized carbons (Fsp3) is 0.444. The molecule has 15 heavy (non-hydrogen) atoms. The van der Waals surface area contributed by atoms with Crippen molar-refractivity contribution in [1.29, 1.82) is 0 Å². The van der Waals surface area contributed by atoms with Gasteiger partial charge in [-0.2, -0.15) is 4.98 Å². The van der Waals surface area contributed by atoms with Gasteiger partial charge in [0.1, 0.15) is 11.4 Å². The van der Waals surface area contributed by atoms with Gasteiger partial charge in [-0.25, -0.2) is 0 Å². The Morgan fingerprint density at radius 1 is 1.40 bits per heavy atom. The number of aromatic amines is 1. The van der Waals surface area contributed by atoms with E-state index >= 15 is 0 Å². The molecule has 0 saturated carbocycles. The average Bonchev–Trinajstić information content (AvgIpc) is 2.69. The Kier molecular flexibility index (Phi) is 2.40. The topological polar surface area (TPSA) is 92.1 Å². The third kappa shape index (κ3) is 1.70. The van der Waals surface area contributed by atoms with Crippen LogP contribution in [0.1, 0.15) is 23.2 Å². The van der Waals surface area contributed by atoms with E-state index in [1.807, 2.05) is 4.90 Å². The smallest absolute Gasteiger partial charge is 0.265 e. The van der Waals surface area contributed by atoms with Crippen molar-refractivity contribution in [2.45, 2.75) is 12.8 Å². The van der Waals surface area contributed by atoms with Gasteiger partial charge in [-0.3, -0.25) is 14.6 Å². The van der Waals surface area contributed by atoms with Crippen LogP contribution in [0.5, 0.6) is 0 Å². The van der Waals surface area contributed by atoms with Gasteiger partial charge in [0.15, 0.2) is 6.29 Å². The molecule has 1 aliphatic rings. The first-order chi connectivity index (χ1) is 7.22. The van der Waals surface area contributed by atoms with Crippen molar-refractivity contribution in [1.82, 2.24) is 9.97 Å². The zero-order valence-corrected chi connectivity index (χ0v) is 8.19. The highest BCUT2D eigenvalue weighted by Crippen LogP contribution is 2.15. The van der Waals surface area contributed by atoms with Crippen LogP contribution in [0.2, 0.25) is 0 Å². The van der Waals surface area contributed by atoms with Crippen LogP contribution in [0.3, 0.4) is 0 Å². The lowest BCUT2D eigenvalue weighted by atomic mass is 10.3. The molecule has 1 aromatic heterocycles. The molecule has 3 N–H and O–H groups in total. The Bertz CT molecular complexity index is 434.